The second-order valence-electron chi connectivity index (χ2n) is 8.52. The second-order valence-corrected chi connectivity index (χ2v) is 8.52. The predicted octanol–water partition coefficient (Wildman–Crippen LogP) is 1.63. The first-order valence-electron chi connectivity index (χ1n) is 10.1. The summed E-state index contributed by atoms with van der Waals surface area (Å²) < 4.78 is 5.68. The first-order chi connectivity index (χ1) is 12.9. The molecule has 4 rings (SSSR count). The van der Waals surface area contributed by atoms with Gasteiger partial charge in [-0.15, -0.1) is 0 Å². The number of aromatic nitrogens is 2. The van der Waals surface area contributed by atoms with Crippen molar-refractivity contribution >= 4 is 11.7 Å². The van der Waals surface area contributed by atoms with Crippen LogP contribution in [0.1, 0.15) is 47.6 Å². The number of hydrogen-bond acceptors (Lipinski definition) is 6. The van der Waals surface area contributed by atoms with Gasteiger partial charge in [0.15, 0.2) is 0 Å². The van der Waals surface area contributed by atoms with Gasteiger partial charge in [0.1, 0.15) is 5.82 Å². The van der Waals surface area contributed by atoms with Crippen LogP contribution in [0.5, 0.6) is 0 Å². The molecule has 7 nitrogen and oxygen atoms in total. The van der Waals surface area contributed by atoms with E-state index in [0.717, 1.165) is 55.8 Å². The summed E-state index contributed by atoms with van der Waals surface area (Å²) >= 11 is 0. The smallest absolute Gasteiger partial charge is 0.292 e. The third-order valence-corrected chi connectivity index (χ3v) is 6.68. The first-order valence-corrected chi connectivity index (χ1v) is 10.1. The third-order valence-electron chi connectivity index (χ3n) is 6.68. The minimum atomic E-state index is -0.124. The van der Waals surface area contributed by atoms with Gasteiger partial charge < -0.3 is 19.4 Å². The second kappa shape index (κ2) is 7.02. The Morgan fingerprint density at radius 1 is 1.22 bits per heavy atom. The molecule has 0 bridgehead atoms. The number of aryl methyl sites for hydroxylation is 1. The van der Waals surface area contributed by atoms with Crippen molar-refractivity contribution < 1.29 is 9.53 Å². The van der Waals surface area contributed by atoms with Crippen LogP contribution in [0.3, 0.4) is 0 Å². The number of carbonyl (C=O) groups is 1. The summed E-state index contributed by atoms with van der Waals surface area (Å²) in [7, 11) is 4.25. The third kappa shape index (κ3) is 3.21. The van der Waals surface area contributed by atoms with Crippen LogP contribution in [0.25, 0.3) is 0 Å². The summed E-state index contributed by atoms with van der Waals surface area (Å²) in [6.07, 6.45) is 4.32. The molecule has 1 saturated carbocycles. The minimum absolute atomic E-state index is 0.0364. The van der Waals surface area contributed by atoms with E-state index in [9.17, 15) is 4.79 Å². The van der Waals surface area contributed by atoms with Crippen LogP contribution in [0.2, 0.25) is 0 Å². The lowest BCUT2D eigenvalue weighted by atomic mass is 9.75. The topological polar surface area (TPSA) is 61.8 Å². The maximum atomic E-state index is 13.3. The van der Waals surface area contributed by atoms with Crippen LogP contribution in [-0.4, -0.2) is 84.2 Å². The maximum absolute atomic E-state index is 13.3. The molecule has 2 aliphatic heterocycles. The Morgan fingerprint density at radius 2 is 2.00 bits per heavy atom. The van der Waals surface area contributed by atoms with Gasteiger partial charge in [0.05, 0.1) is 18.8 Å². The summed E-state index contributed by atoms with van der Waals surface area (Å²) in [5, 5.41) is 0. The number of rotatable bonds is 3. The molecule has 1 aromatic heterocycles. The molecule has 0 unspecified atom stereocenters. The van der Waals surface area contributed by atoms with Crippen molar-refractivity contribution in [1.29, 1.82) is 0 Å². The average molecular weight is 374 g/mol. The molecule has 0 radical (unpaired) electrons. The van der Waals surface area contributed by atoms with Crippen molar-refractivity contribution in [1.82, 2.24) is 19.8 Å². The van der Waals surface area contributed by atoms with Crippen molar-refractivity contribution in [2.45, 2.75) is 51.1 Å². The van der Waals surface area contributed by atoms with Crippen LogP contribution < -0.4 is 4.90 Å². The van der Waals surface area contributed by atoms with Gasteiger partial charge in [-0.3, -0.25) is 4.79 Å². The van der Waals surface area contributed by atoms with E-state index < -0.39 is 0 Å². The van der Waals surface area contributed by atoms with Crippen LogP contribution in [0.4, 0.5) is 5.82 Å². The van der Waals surface area contributed by atoms with Gasteiger partial charge in [-0.25, -0.2) is 9.97 Å². The lowest BCUT2D eigenvalue weighted by Gasteiger charge is -2.52. The number of morpholine rings is 1. The van der Waals surface area contributed by atoms with E-state index in [0.29, 0.717) is 31.6 Å². The maximum Gasteiger partial charge on any atom is 0.292 e. The zero-order chi connectivity index (χ0) is 19.2. The van der Waals surface area contributed by atoms with Gasteiger partial charge in [-0.05, 0) is 53.6 Å². The van der Waals surface area contributed by atoms with Crippen LogP contribution >= 0.6 is 0 Å². The van der Waals surface area contributed by atoms with E-state index >= 15 is 0 Å². The molecule has 148 valence electrons. The van der Waals surface area contributed by atoms with E-state index in [-0.39, 0.29) is 11.4 Å². The highest BCUT2D eigenvalue weighted by molar-refractivity contribution is 5.92. The monoisotopic (exact) mass is 373 g/mol. The molecule has 27 heavy (non-hydrogen) atoms. The fourth-order valence-corrected chi connectivity index (χ4v) is 4.54. The van der Waals surface area contributed by atoms with E-state index in [4.69, 9.17) is 9.72 Å². The lowest BCUT2D eigenvalue weighted by Crippen LogP contribution is -2.62. The van der Waals surface area contributed by atoms with Gasteiger partial charge in [0.2, 0.25) is 5.82 Å². The number of likely N-dealkylation sites (N-methyl/N-ethyl adjacent to an activating group) is 1. The normalized spacial score (nSPS) is 24.6. The Morgan fingerprint density at radius 3 is 2.63 bits per heavy atom. The molecular formula is C20H31N5O2. The summed E-state index contributed by atoms with van der Waals surface area (Å²) in [4.78, 5) is 29.2. The highest BCUT2D eigenvalue weighted by Gasteiger charge is 2.47. The number of carbonyl (C=O) groups excluding carboxylic acids is 1. The number of hydrogen-bond donors (Lipinski definition) is 0. The number of nitrogens with zero attached hydrogens (tertiary/aromatic N) is 5. The van der Waals surface area contributed by atoms with Crippen molar-refractivity contribution in [3.8, 4) is 0 Å². The lowest BCUT2D eigenvalue weighted by molar-refractivity contribution is -0.0881. The van der Waals surface area contributed by atoms with Crippen LogP contribution in [0.15, 0.2) is 0 Å². The molecule has 1 atom stereocenters. The van der Waals surface area contributed by atoms with Crippen molar-refractivity contribution in [3.63, 3.8) is 0 Å². The van der Waals surface area contributed by atoms with Crippen molar-refractivity contribution in [2.24, 2.45) is 0 Å². The minimum Gasteiger partial charge on any atom is -0.377 e. The molecule has 0 aromatic carbocycles. The van der Waals surface area contributed by atoms with E-state index in [1.165, 1.54) is 0 Å². The molecule has 3 fully saturated rings. The zero-order valence-corrected chi connectivity index (χ0v) is 17.0. The molecular weight excluding hydrogens is 342 g/mol. The summed E-state index contributed by atoms with van der Waals surface area (Å²) in [5.41, 5.74) is 1.85. The average Bonchev–Trinajstić information content (AvgIpc) is 3.12. The molecule has 1 amide bonds. The van der Waals surface area contributed by atoms with Crippen molar-refractivity contribution in [2.75, 3.05) is 51.8 Å². The first kappa shape index (κ1) is 18.6. The van der Waals surface area contributed by atoms with E-state index in [1.54, 1.807) is 0 Å². The molecule has 1 spiro atoms. The van der Waals surface area contributed by atoms with Gasteiger partial charge in [0, 0.05) is 36.9 Å². The fourth-order valence-electron chi connectivity index (χ4n) is 4.54. The summed E-state index contributed by atoms with van der Waals surface area (Å²) in [6, 6.07) is 0.524. The molecule has 0 N–H and O–H groups in total. The number of amides is 1. The molecule has 2 saturated heterocycles. The largest absolute Gasteiger partial charge is 0.377 e. The van der Waals surface area contributed by atoms with Gasteiger partial charge in [0.25, 0.3) is 5.91 Å². The molecule has 7 heteroatoms. The van der Waals surface area contributed by atoms with Gasteiger partial charge >= 0.3 is 0 Å². The molecule has 3 aliphatic rings. The molecule has 1 aromatic rings. The Balaban J connectivity index is 1.62. The Labute approximate surface area is 161 Å². The Hall–Kier alpha value is -1.73. The van der Waals surface area contributed by atoms with E-state index in [1.807, 2.05) is 11.8 Å². The summed E-state index contributed by atoms with van der Waals surface area (Å²) in [5.74, 6) is 1.23. The van der Waals surface area contributed by atoms with E-state index in [2.05, 4.69) is 35.8 Å². The van der Waals surface area contributed by atoms with Gasteiger partial charge in [-0.1, -0.05) is 0 Å². The summed E-state index contributed by atoms with van der Waals surface area (Å²) in [6.45, 7) is 7.83. The Bertz CT molecular complexity index is 731. The van der Waals surface area contributed by atoms with Crippen LogP contribution in [-0.2, 0) is 4.74 Å². The predicted molar refractivity (Wildman–Crippen MR) is 104 cm³/mol. The molecule has 1 aliphatic carbocycles. The van der Waals surface area contributed by atoms with Gasteiger partial charge in [-0.2, -0.15) is 0 Å². The van der Waals surface area contributed by atoms with Crippen molar-refractivity contribution in [3.05, 3.63) is 17.1 Å². The number of anilines is 1. The number of ether oxygens (including phenoxy) is 1. The van der Waals surface area contributed by atoms with Crippen LogP contribution in [0, 0.1) is 13.8 Å². The highest BCUT2D eigenvalue weighted by Crippen LogP contribution is 2.40. The Kier molecular flexibility index (Phi) is 4.84. The fraction of sp³-hybridized carbons (Fsp3) is 0.750. The highest BCUT2D eigenvalue weighted by atomic mass is 16.5. The SMILES string of the molecule is Cc1nc(C(=O)N2CCOCC23CCC3)nc(N2CC[C@@H](N(C)C)C2)c1C. The standard InChI is InChI=1S/C20H31N5O2/c1-14-15(2)21-17(22-18(14)24-9-6-16(12-24)23(3)4)19(26)25-10-11-27-13-20(25)7-5-8-20/h16H,5-13H2,1-4H3/t16-/m1/s1. The zero-order valence-electron chi connectivity index (χ0n) is 17.0. The quantitative estimate of drug-likeness (QED) is 0.803. The molecule has 3 heterocycles.